The van der Waals surface area contributed by atoms with E-state index in [1.807, 2.05) is 0 Å². The van der Waals surface area contributed by atoms with Crippen molar-refractivity contribution in [1.29, 1.82) is 0 Å². The molecular weight excluding hydrogens is 144 g/mol. The summed E-state index contributed by atoms with van der Waals surface area (Å²) in [6, 6.07) is 0. The van der Waals surface area contributed by atoms with Gasteiger partial charge in [-0.1, -0.05) is 53.4 Å². The summed E-state index contributed by atoms with van der Waals surface area (Å²) in [4.78, 5) is 0. The molecule has 0 aliphatic rings. The molecule has 1 radical (unpaired) electrons. The SMILES string of the molecule is CC(C)CC[CH]CCCC(C)C. The van der Waals surface area contributed by atoms with Crippen LogP contribution in [0.25, 0.3) is 0 Å². The predicted molar refractivity (Wildman–Crippen MR) is 57.1 cm³/mol. The molecule has 0 saturated heterocycles. The van der Waals surface area contributed by atoms with Crippen molar-refractivity contribution in [2.75, 3.05) is 0 Å². The first kappa shape index (κ1) is 12.0. The largest absolute Gasteiger partial charge is 0.0628 e. The van der Waals surface area contributed by atoms with E-state index in [0.29, 0.717) is 0 Å². The molecule has 0 bridgehead atoms. The van der Waals surface area contributed by atoms with Crippen molar-refractivity contribution in [2.24, 2.45) is 11.8 Å². The van der Waals surface area contributed by atoms with E-state index in [4.69, 9.17) is 0 Å². The van der Waals surface area contributed by atoms with Crippen LogP contribution in [0, 0.1) is 18.3 Å². The maximum atomic E-state index is 2.46. The minimum Gasteiger partial charge on any atom is -0.0628 e. The van der Waals surface area contributed by atoms with Crippen LogP contribution in [0.3, 0.4) is 0 Å². The molecular formula is C12H25. The smallest absolute Gasteiger partial charge is 0.0386 e. The first-order valence-corrected chi connectivity index (χ1v) is 5.44. The third-order valence-corrected chi connectivity index (χ3v) is 2.14. The van der Waals surface area contributed by atoms with E-state index in [0.717, 1.165) is 11.8 Å². The molecule has 0 atom stereocenters. The molecule has 12 heavy (non-hydrogen) atoms. The highest BCUT2D eigenvalue weighted by Crippen LogP contribution is 2.12. The van der Waals surface area contributed by atoms with Gasteiger partial charge in [-0.05, 0) is 24.7 Å². The Morgan fingerprint density at radius 2 is 1.42 bits per heavy atom. The summed E-state index contributed by atoms with van der Waals surface area (Å²) in [5, 5.41) is 0. The van der Waals surface area contributed by atoms with Crippen LogP contribution in [0.5, 0.6) is 0 Å². The van der Waals surface area contributed by atoms with Gasteiger partial charge < -0.3 is 0 Å². The molecule has 0 aromatic heterocycles. The quantitative estimate of drug-likeness (QED) is 0.494. The Kier molecular flexibility index (Phi) is 7.64. The van der Waals surface area contributed by atoms with Crippen LogP contribution in [0.2, 0.25) is 0 Å². The summed E-state index contributed by atoms with van der Waals surface area (Å²) in [5.41, 5.74) is 0. The standard InChI is InChI=1S/C12H25/c1-11(2)9-7-5-6-8-10-12(3)4/h5,11-12H,6-10H2,1-4H3. The van der Waals surface area contributed by atoms with Crippen LogP contribution >= 0.6 is 0 Å². The Morgan fingerprint density at radius 1 is 0.833 bits per heavy atom. The molecule has 0 unspecified atom stereocenters. The normalized spacial score (nSPS) is 11.5. The van der Waals surface area contributed by atoms with Crippen LogP contribution in [0.4, 0.5) is 0 Å². The van der Waals surface area contributed by atoms with E-state index < -0.39 is 0 Å². The van der Waals surface area contributed by atoms with Crippen molar-refractivity contribution in [2.45, 2.75) is 59.8 Å². The highest BCUT2D eigenvalue weighted by atomic mass is 14.0. The number of hydrogen-bond acceptors (Lipinski definition) is 0. The van der Waals surface area contributed by atoms with Gasteiger partial charge in [0.05, 0.1) is 0 Å². The highest BCUT2D eigenvalue weighted by molar-refractivity contribution is 4.65. The molecule has 0 nitrogen and oxygen atoms in total. The van der Waals surface area contributed by atoms with E-state index in [-0.39, 0.29) is 0 Å². The van der Waals surface area contributed by atoms with Gasteiger partial charge in [0, 0.05) is 0 Å². The van der Waals surface area contributed by atoms with Crippen LogP contribution < -0.4 is 0 Å². The summed E-state index contributed by atoms with van der Waals surface area (Å²) in [7, 11) is 0. The average molecular weight is 169 g/mol. The van der Waals surface area contributed by atoms with Gasteiger partial charge in [0.1, 0.15) is 0 Å². The second-order valence-electron chi connectivity index (χ2n) is 4.58. The molecule has 0 amide bonds. The van der Waals surface area contributed by atoms with E-state index in [1.165, 1.54) is 32.1 Å². The van der Waals surface area contributed by atoms with Crippen molar-refractivity contribution in [3.05, 3.63) is 6.42 Å². The molecule has 0 heterocycles. The number of rotatable bonds is 7. The van der Waals surface area contributed by atoms with Gasteiger partial charge in [0.2, 0.25) is 0 Å². The third kappa shape index (κ3) is 10.0. The lowest BCUT2D eigenvalue weighted by Crippen LogP contribution is -1.90. The van der Waals surface area contributed by atoms with E-state index in [2.05, 4.69) is 34.1 Å². The molecule has 0 fully saturated rings. The van der Waals surface area contributed by atoms with Crippen molar-refractivity contribution in [3.8, 4) is 0 Å². The third-order valence-electron chi connectivity index (χ3n) is 2.14. The molecule has 0 aromatic rings. The second-order valence-corrected chi connectivity index (χ2v) is 4.58. The summed E-state index contributed by atoms with van der Waals surface area (Å²) >= 11 is 0. The number of unbranched alkanes of at least 4 members (excludes halogenated alkanes) is 3. The van der Waals surface area contributed by atoms with Crippen molar-refractivity contribution >= 4 is 0 Å². The van der Waals surface area contributed by atoms with Crippen molar-refractivity contribution in [1.82, 2.24) is 0 Å². The van der Waals surface area contributed by atoms with Crippen molar-refractivity contribution < 1.29 is 0 Å². The molecule has 0 spiro atoms. The molecule has 0 saturated carbocycles. The topological polar surface area (TPSA) is 0 Å². The molecule has 0 rings (SSSR count). The lowest BCUT2D eigenvalue weighted by molar-refractivity contribution is 0.533. The van der Waals surface area contributed by atoms with Gasteiger partial charge in [-0.15, -0.1) is 0 Å². The predicted octanol–water partition coefficient (Wildman–Crippen LogP) is 4.45. The Hall–Kier alpha value is 0. The minimum absolute atomic E-state index is 0.867. The Labute approximate surface area is 78.8 Å². The highest BCUT2D eigenvalue weighted by Gasteiger charge is 1.96. The first-order valence-electron chi connectivity index (χ1n) is 5.44. The molecule has 0 aromatic carbocycles. The van der Waals surface area contributed by atoms with E-state index >= 15 is 0 Å². The van der Waals surface area contributed by atoms with Crippen LogP contribution in [-0.4, -0.2) is 0 Å². The summed E-state index contributed by atoms with van der Waals surface area (Å²) in [6.07, 6.45) is 9.23. The van der Waals surface area contributed by atoms with Crippen LogP contribution in [0.1, 0.15) is 59.8 Å². The fraction of sp³-hybridized carbons (Fsp3) is 0.917. The van der Waals surface area contributed by atoms with Crippen LogP contribution in [0.15, 0.2) is 0 Å². The zero-order valence-electron chi connectivity index (χ0n) is 9.27. The monoisotopic (exact) mass is 169 g/mol. The fourth-order valence-electron chi connectivity index (χ4n) is 1.27. The van der Waals surface area contributed by atoms with Gasteiger partial charge >= 0.3 is 0 Å². The van der Waals surface area contributed by atoms with Gasteiger partial charge in [0.15, 0.2) is 0 Å². The summed E-state index contributed by atoms with van der Waals surface area (Å²) < 4.78 is 0. The maximum absolute atomic E-state index is 2.46. The Balaban J connectivity index is 2.91. The van der Waals surface area contributed by atoms with Crippen LogP contribution in [-0.2, 0) is 0 Å². The lowest BCUT2D eigenvalue weighted by atomic mass is 10.0. The summed E-state index contributed by atoms with van der Waals surface area (Å²) in [5.74, 6) is 1.75. The van der Waals surface area contributed by atoms with E-state index in [9.17, 15) is 0 Å². The molecule has 0 aliphatic heterocycles. The molecule has 0 N–H and O–H groups in total. The second kappa shape index (κ2) is 7.64. The maximum Gasteiger partial charge on any atom is -0.0386 e. The first-order chi connectivity index (χ1) is 5.63. The lowest BCUT2D eigenvalue weighted by Gasteiger charge is -2.05. The van der Waals surface area contributed by atoms with Gasteiger partial charge in [0.25, 0.3) is 0 Å². The number of hydrogen-bond donors (Lipinski definition) is 0. The zero-order chi connectivity index (χ0) is 9.40. The Morgan fingerprint density at radius 3 is 1.92 bits per heavy atom. The molecule has 0 aliphatic carbocycles. The Bertz CT molecular complexity index is 70.0. The summed E-state index contributed by atoms with van der Waals surface area (Å²) in [6.45, 7) is 9.19. The van der Waals surface area contributed by atoms with Gasteiger partial charge in [-0.3, -0.25) is 0 Å². The van der Waals surface area contributed by atoms with E-state index in [1.54, 1.807) is 0 Å². The molecule has 73 valence electrons. The van der Waals surface area contributed by atoms with Gasteiger partial charge in [-0.2, -0.15) is 0 Å². The molecule has 0 heteroatoms. The van der Waals surface area contributed by atoms with Gasteiger partial charge in [-0.25, -0.2) is 0 Å². The fourth-order valence-corrected chi connectivity index (χ4v) is 1.27. The van der Waals surface area contributed by atoms with Crippen molar-refractivity contribution in [3.63, 3.8) is 0 Å². The minimum atomic E-state index is 0.867. The zero-order valence-corrected chi connectivity index (χ0v) is 9.27. The average Bonchev–Trinajstić information content (AvgIpc) is 1.95.